The van der Waals surface area contributed by atoms with E-state index in [1.165, 1.54) is 66.1 Å². The summed E-state index contributed by atoms with van der Waals surface area (Å²) in [5.41, 5.74) is 13.1. The van der Waals surface area contributed by atoms with Crippen LogP contribution in [0.25, 0.3) is 21.5 Å². The number of hydrogen-bond donors (Lipinski definition) is 0. The number of fused-ring (bicyclic) bond motifs is 2. The first-order valence-electron chi connectivity index (χ1n) is 10.7. The fourth-order valence-corrected chi connectivity index (χ4v) is 4.63. The number of rotatable bonds is 0. The molecule has 0 saturated heterocycles. The van der Waals surface area contributed by atoms with E-state index in [4.69, 9.17) is 0 Å². The van der Waals surface area contributed by atoms with Crippen LogP contribution in [0.2, 0.25) is 0 Å². The fourth-order valence-electron chi connectivity index (χ4n) is 4.63. The summed E-state index contributed by atoms with van der Waals surface area (Å²) in [4.78, 5) is 8.89. The molecule has 0 amide bonds. The van der Waals surface area contributed by atoms with Crippen LogP contribution < -0.4 is 0 Å². The van der Waals surface area contributed by atoms with Crippen LogP contribution in [-0.4, -0.2) is 9.97 Å². The van der Waals surface area contributed by atoms with E-state index >= 15 is 0 Å². The SMILES string of the molecule is Cc1c(C)c(C)c2c(C)cncc2c1C.Cc1nc(C)c2c(C)ccc(C)c2c1C. The van der Waals surface area contributed by atoms with Crippen molar-refractivity contribution in [3.05, 3.63) is 80.4 Å². The van der Waals surface area contributed by atoms with Crippen LogP contribution in [0.5, 0.6) is 0 Å². The average molecular weight is 399 g/mol. The lowest BCUT2D eigenvalue weighted by Gasteiger charge is -2.14. The molecule has 0 saturated carbocycles. The van der Waals surface area contributed by atoms with Gasteiger partial charge < -0.3 is 0 Å². The lowest BCUT2D eigenvalue weighted by molar-refractivity contribution is 1.11. The highest BCUT2D eigenvalue weighted by molar-refractivity contribution is 5.93. The molecule has 0 unspecified atom stereocenters. The average Bonchev–Trinajstić information content (AvgIpc) is 2.70. The van der Waals surface area contributed by atoms with Crippen molar-refractivity contribution in [1.29, 1.82) is 0 Å². The van der Waals surface area contributed by atoms with Crippen molar-refractivity contribution in [3.63, 3.8) is 0 Å². The Morgan fingerprint density at radius 3 is 1.67 bits per heavy atom. The predicted molar refractivity (Wildman–Crippen MR) is 131 cm³/mol. The fraction of sp³-hybridized carbons (Fsp3) is 0.357. The summed E-state index contributed by atoms with van der Waals surface area (Å²) in [5.74, 6) is 0. The Morgan fingerprint density at radius 2 is 1.03 bits per heavy atom. The van der Waals surface area contributed by atoms with Gasteiger partial charge in [0.15, 0.2) is 0 Å². The van der Waals surface area contributed by atoms with Gasteiger partial charge in [0.1, 0.15) is 0 Å². The minimum absolute atomic E-state index is 1.15. The minimum Gasteiger partial charge on any atom is -0.264 e. The third-order valence-electron chi connectivity index (χ3n) is 6.84. The third kappa shape index (κ3) is 3.60. The zero-order valence-corrected chi connectivity index (χ0v) is 20.2. The van der Waals surface area contributed by atoms with Gasteiger partial charge >= 0.3 is 0 Å². The largest absolute Gasteiger partial charge is 0.264 e. The molecule has 0 radical (unpaired) electrons. The van der Waals surface area contributed by atoms with E-state index in [2.05, 4.69) is 91.3 Å². The molecule has 0 spiro atoms. The Hall–Kier alpha value is -2.74. The smallest absolute Gasteiger partial charge is 0.0457 e. The standard InChI is InChI=1S/2C14H17N/c1-8-6-15-7-13-11(4)9(2)10(3)12(5)14(8)13;1-8-6-7-9(2)14-12(5)15-11(4)10(3)13(8)14/h2*6-7H,1-5H3. The van der Waals surface area contributed by atoms with Gasteiger partial charge in [-0.1, -0.05) is 12.1 Å². The van der Waals surface area contributed by atoms with Gasteiger partial charge in [-0.05, 0) is 125 Å². The van der Waals surface area contributed by atoms with E-state index in [-0.39, 0.29) is 0 Å². The Kier molecular flexibility index (Phi) is 5.99. The quantitative estimate of drug-likeness (QED) is 0.305. The molecule has 2 nitrogen and oxygen atoms in total. The van der Waals surface area contributed by atoms with Crippen LogP contribution in [0.4, 0.5) is 0 Å². The van der Waals surface area contributed by atoms with Crippen LogP contribution in [0.3, 0.4) is 0 Å². The molecule has 156 valence electrons. The topological polar surface area (TPSA) is 25.8 Å². The molecule has 0 fully saturated rings. The molecular formula is C28H34N2. The monoisotopic (exact) mass is 398 g/mol. The highest BCUT2D eigenvalue weighted by Gasteiger charge is 2.11. The molecule has 0 N–H and O–H groups in total. The van der Waals surface area contributed by atoms with Crippen LogP contribution in [0, 0.1) is 69.2 Å². The van der Waals surface area contributed by atoms with Gasteiger partial charge in [-0.2, -0.15) is 0 Å². The van der Waals surface area contributed by atoms with Crippen molar-refractivity contribution < 1.29 is 0 Å². The molecule has 0 aliphatic heterocycles. The van der Waals surface area contributed by atoms with E-state index in [9.17, 15) is 0 Å². The first kappa shape index (κ1) is 22.0. The Morgan fingerprint density at radius 1 is 0.467 bits per heavy atom. The minimum atomic E-state index is 1.15. The first-order chi connectivity index (χ1) is 14.1. The van der Waals surface area contributed by atoms with Crippen molar-refractivity contribution in [1.82, 2.24) is 9.97 Å². The summed E-state index contributed by atoms with van der Waals surface area (Å²) in [7, 11) is 0. The molecule has 0 aliphatic carbocycles. The molecule has 2 heteroatoms. The van der Waals surface area contributed by atoms with Crippen molar-refractivity contribution in [2.45, 2.75) is 69.2 Å². The number of aromatic nitrogens is 2. The second-order valence-corrected chi connectivity index (χ2v) is 8.74. The summed E-state index contributed by atoms with van der Waals surface area (Å²) in [6.45, 7) is 21.6. The Balaban J connectivity index is 0.000000171. The van der Waals surface area contributed by atoms with Crippen molar-refractivity contribution >= 4 is 21.5 Å². The molecule has 4 rings (SSSR count). The lowest BCUT2D eigenvalue weighted by Crippen LogP contribution is -1.96. The van der Waals surface area contributed by atoms with E-state index in [0.717, 1.165) is 11.4 Å². The van der Waals surface area contributed by atoms with Gasteiger partial charge in [-0.15, -0.1) is 0 Å². The maximum atomic E-state index is 4.60. The van der Waals surface area contributed by atoms with Crippen molar-refractivity contribution in [2.75, 3.05) is 0 Å². The third-order valence-corrected chi connectivity index (χ3v) is 6.84. The molecule has 0 atom stereocenters. The van der Waals surface area contributed by atoms with Crippen LogP contribution in [-0.2, 0) is 0 Å². The molecule has 0 bridgehead atoms. The molecular weight excluding hydrogens is 364 g/mol. The highest BCUT2D eigenvalue weighted by atomic mass is 14.7. The zero-order chi connectivity index (χ0) is 22.3. The van der Waals surface area contributed by atoms with Gasteiger partial charge in [0, 0.05) is 34.6 Å². The van der Waals surface area contributed by atoms with Gasteiger partial charge in [0.25, 0.3) is 0 Å². The van der Waals surface area contributed by atoms with E-state index in [1.807, 2.05) is 12.4 Å². The maximum absolute atomic E-state index is 4.60. The number of hydrogen-bond acceptors (Lipinski definition) is 2. The van der Waals surface area contributed by atoms with Gasteiger partial charge in [0.2, 0.25) is 0 Å². The predicted octanol–water partition coefficient (Wildman–Crippen LogP) is 7.55. The lowest BCUT2D eigenvalue weighted by atomic mass is 9.91. The second-order valence-electron chi connectivity index (χ2n) is 8.74. The number of benzene rings is 2. The molecule has 2 heterocycles. The van der Waals surface area contributed by atoms with Gasteiger partial charge in [-0.25, -0.2) is 0 Å². The molecule has 4 aromatic rings. The van der Waals surface area contributed by atoms with Gasteiger partial charge in [-0.3, -0.25) is 9.97 Å². The van der Waals surface area contributed by atoms with E-state index in [1.54, 1.807) is 0 Å². The number of aryl methyl sites for hydroxylation is 8. The molecule has 0 aliphatic rings. The summed E-state index contributed by atoms with van der Waals surface area (Å²) in [5, 5.41) is 5.40. The maximum Gasteiger partial charge on any atom is 0.0457 e. The number of nitrogens with zero attached hydrogens (tertiary/aromatic N) is 2. The zero-order valence-electron chi connectivity index (χ0n) is 20.2. The number of pyridine rings is 2. The van der Waals surface area contributed by atoms with E-state index < -0.39 is 0 Å². The normalized spacial score (nSPS) is 11.0. The van der Waals surface area contributed by atoms with Gasteiger partial charge in [0.05, 0.1) is 0 Å². The van der Waals surface area contributed by atoms with Crippen LogP contribution in [0.1, 0.15) is 55.9 Å². The van der Waals surface area contributed by atoms with Crippen molar-refractivity contribution in [3.8, 4) is 0 Å². The summed E-state index contributed by atoms with van der Waals surface area (Å²) in [6.07, 6.45) is 3.93. The van der Waals surface area contributed by atoms with E-state index in [0.29, 0.717) is 0 Å². The first-order valence-corrected chi connectivity index (χ1v) is 10.7. The summed E-state index contributed by atoms with van der Waals surface area (Å²) >= 11 is 0. The summed E-state index contributed by atoms with van der Waals surface area (Å²) in [6, 6.07) is 4.38. The highest BCUT2D eigenvalue weighted by Crippen LogP contribution is 2.30. The van der Waals surface area contributed by atoms with Crippen molar-refractivity contribution in [2.24, 2.45) is 0 Å². The Bertz CT molecular complexity index is 1280. The van der Waals surface area contributed by atoms with Crippen LogP contribution in [0.15, 0.2) is 24.5 Å². The molecule has 2 aromatic carbocycles. The van der Waals surface area contributed by atoms with Crippen LogP contribution >= 0.6 is 0 Å². The second kappa shape index (κ2) is 8.18. The molecule has 2 aromatic heterocycles. The summed E-state index contributed by atoms with van der Waals surface area (Å²) < 4.78 is 0. The Labute approximate surface area is 181 Å². The molecule has 30 heavy (non-hydrogen) atoms.